The van der Waals surface area contributed by atoms with E-state index in [1.165, 1.54) is 23.1 Å². The Morgan fingerprint density at radius 3 is 2.36 bits per heavy atom. The summed E-state index contributed by atoms with van der Waals surface area (Å²) < 4.78 is 36.8. The lowest BCUT2D eigenvalue weighted by Gasteiger charge is -2.18. The van der Waals surface area contributed by atoms with Gasteiger partial charge in [-0.05, 0) is 13.0 Å². The van der Waals surface area contributed by atoms with Gasteiger partial charge in [0.1, 0.15) is 22.4 Å². The Balaban J connectivity index is 2.37. The third-order valence-corrected chi connectivity index (χ3v) is 4.32. The van der Waals surface area contributed by atoms with E-state index in [0.717, 1.165) is 23.6 Å². The van der Waals surface area contributed by atoms with Crippen LogP contribution in [0.1, 0.15) is 13.8 Å². The maximum absolute atomic E-state index is 14.9. The molecule has 0 saturated carbocycles. The number of hydrogen-bond acceptors (Lipinski definition) is 4. The molecule has 1 aromatic carbocycles. The monoisotopic (exact) mass is 427 g/mol. The van der Waals surface area contributed by atoms with Crippen LogP contribution in [0.4, 0.5) is 8.78 Å². The molecule has 0 N–H and O–H groups in total. The molecule has 2 aromatic heterocycles. The van der Waals surface area contributed by atoms with Gasteiger partial charge in [0, 0.05) is 31.8 Å². The van der Waals surface area contributed by atoms with Gasteiger partial charge in [0.2, 0.25) is 0 Å². The highest BCUT2D eigenvalue weighted by atomic mass is 35.5. The minimum absolute atomic E-state index is 0.0824. The van der Waals surface area contributed by atoms with Gasteiger partial charge in [-0.15, -0.1) is 0 Å². The quantitative estimate of drug-likeness (QED) is 0.461. The van der Waals surface area contributed by atoms with E-state index >= 15 is 0 Å². The Morgan fingerprint density at radius 1 is 1.21 bits per heavy atom. The second-order valence-electron chi connectivity index (χ2n) is 5.73. The fourth-order valence-corrected chi connectivity index (χ4v) is 3.13. The highest BCUT2D eigenvalue weighted by molar-refractivity contribution is 6.31. The summed E-state index contributed by atoms with van der Waals surface area (Å²) >= 11 is 11.9. The van der Waals surface area contributed by atoms with Gasteiger partial charge < -0.3 is 9.30 Å². The van der Waals surface area contributed by atoms with Gasteiger partial charge >= 0.3 is 5.97 Å². The summed E-state index contributed by atoms with van der Waals surface area (Å²) in [5, 5.41) is 4.16. The molecule has 0 aliphatic rings. The van der Waals surface area contributed by atoms with Crippen molar-refractivity contribution in [3.8, 4) is 22.7 Å². The summed E-state index contributed by atoms with van der Waals surface area (Å²) in [4.78, 5) is 23.5. The summed E-state index contributed by atoms with van der Waals surface area (Å²) in [5.74, 6) is -3.08. The van der Waals surface area contributed by atoms with Crippen molar-refractivity contribution in [2.75, 3.05) is 0 Å². The first-order valence-electron chi connectivity index (χ1n) is 8.04. The number of carbonyl (C=O) groups is 1. The van der Waals surface area contributed by atoms with E-state index in [0.29, 0.717) is 0 Å². The van der Waals surface area contributed by atoms with Gasteiger partial charge in [0.05, 0.1) is 28.2 Å². The number of ether oxygens (including phenoxy) is 1. The molecule has 146 valence electrons. The molecule has 0 radical (unpaired) electrons. The topological polar surface area (TPSA) is 66.1 Å². The first-order chi connectivity index (χ1) is 13.2. The Labute approximate surface area is 167 Å². The average Bonchev–Trinajstić information content (AvgIpc) is 3.03. The third-order valence-electron chi connectivity index (χ3n) is 3.85. The molecule has 0 fully saturated rings. The molecule has 6 nitrogen and oxygen atoms in total. The number of rotatable bonds is 4. The Hall–Kier alpha value is -2.71. The number of pyridine rings is 1. The molecule has 0 aliphatic carbocycles. The Morgan fingerprint density at radius 2 is 1.86 bits per heavy atom. The van der Waals surface area contributed by atoms with E-state index in [2.05, 4.69) is 5.10 Å². The molecule has 10 heteroatoms. The average molecular weight is 428 g/mol. The SMILES string of the molecule is CCn1c(-c2c(F)cc(OC(C)=O)cc2F)c(-n2cc(Cl)cn2)cc(Cl)c1=O. The van der Waals surface area contributed by atoms with Crippen molar-refractivity contribution in [3.63, 3.8) is 0 Å². The van der Waals surface area contributed by atoms with Crippen LogP contribution in [0.3, 0.4) is 0 Å². The molecule has 0 aliphatic heterocycles. The zero-order valence-electron chi connectivity index (χ0n) is 14.7. The first-order valence-corrected chi connectivity index (χ1v) is 8.80. The summed E-state index contributed by atoms with van der Waals surface area (Å²) in [6, 6.07) is 2.98. The van der Waals surface area contributed by atoms with Gasteiger partial charge in [-0.2, -0.15) is 5.10 Å². The lowest BCUT2D eigenvalue weighted by atomic mass is 10.1. The van der Waals surface area contributed by atoms with Crippen LogP contribution in [-0.4, -0.2) is 20.3 Å². The second kappa shape index (κ2) is 7.73. The van der Waals surface area contributed by atoms with Gasteiger partial charge in [-0.1, -0.05) is 23.2 Å². The van der Waals surface area contributed by atoms with Gasteiger partial charge in [0.15, 0.2) is 0 Å². The molecule has 3 aromatic rings. The lowest BCUT2D eigenvalue weighted by molar-refractivity contribution is -0.131. The molecule has 0 bridgehead atoms. The van der Waals surface area contributed by atoms with E-state index in [-0.39, 0.29) is 33.7 Å². The van der Waals surface area contributed by atoms with Crippen molar-refractivity contribution in [1.82, 2.24) is 14.3 Å². The molecule has 0 saturated heterocycles. The standard InChI is InChI=1S/C18H13Cl2F2N3O3/c1-3-24-17(16-13(21)4-11(5-14(16)22)28-9(2)26)15(6-12(20)18(24)27)25-8-10(19)7-23-25/h4-8H,3H2,1-2H3. The predicted octanol–water partition coefficient (Wildman–Crippen LogP) is 4.23. The summed E-state index contributed by atoms with van der Waals surface area (Å²) in [7, 11) is 0. The number of hydrogen-bond donors (Lipinski definition) is 0. The van der Waals surface area contributed by atoms with Crippen LogP contribution < -0.4 is 10.3 Å². The third kappa shape index (κ3) is 3.65. The van der Waals surface area contributed by atoms with Crippen LogP contribution in [0.25, 0.3) is 16.9 Å². The summed E-state index contributed by atoms with van der Waals surface area (Å²) in [5.41, 5.74) is -1.05. The maximum atomic E-state index is 14.9. The minimum atomic E-state index is -1.03. The van der Waals surface area contributed by atoms with Crippen molar-refractivity contribution >= 4 is 29.2 Å². The van der Waals surface area contributed by atoms with Gasteiger partial charge in [-0.3, -0.25) is 9.59 Å². The molecule has 28 heavy (non-hydrogen) atoms. The van der Waals surface area contributed by atoms with Crippen LogP contribution in [0.5, 0.6) is 5.75 Å². The fraction of sp³-hybridized carbons (Fsp3) is 0.167. The Bertz CT molecular complexity index is 1120. The van der Waals surface area contributed by atoms with Gasteiger partial charge in [0.25, 0.3) is 5.56 Å². The van der Waals surface area contributed by atoms with Crippen molar-refractivity contribution in [2.45, 2.75) is 20.4 Å². The van der Waals surface area contributed by atoms with Crippen LogP contribution in [0.15, 0.2) is 35.4 Å². The molecule has 0 spiro atoms. The van der Waals surface area contributed by atoms with Gasteiger partial charge in [-0.25, -0.2) is 13.5 Å². The fourth-order valence-electron chi connectivity index (χ4n) is 2.79. The number of esters is 1. The van der Waals surface area contributed by atoms with Crippen molar-refractivity contribution in [1.29, 1.82) is 0 Å². The molecular weight excluding hydrogens is 415 g/mol. The van der Waals surface area contributed by atoms with Crippen LogP contribution >= 0.6 is 23.2 Å². The smallest absolute Gasteiger partial charge is 0.308 e. The zero-order valence-corrected chi connectivity index (χ0v) is 16.2. The maximum Gasteiger partial charge on any atom is 0.308 e. The van der Waals surface area contributed by atoms with E-state index in [4.69, 9.17) is 27.9 Å². The van der Waals surface area contributed by atoms with Crippen LogP contribution in [-0.2, 0) is 11.3 Å². The largest absolute Gasteiger partial charge is 0.427 e. The summed E-state index contributed by atoms with van der Waals surface area (Å²) in [6.45, 7) is 2.82. The Kier molecular flexibility index (Phi) is 5.53. The van der Waals surface area contributed by atoms with Crippen LogP contribution in [0, 0.1) is 11.6 Å². The number of nitrogens with zero attached hydrogens (tertiary/aromatic N) is 3. The van der Waals surface area contributed by atoms with Crippen molar-refractivity contribution in [2.24, 2.45) is 0 Å². The summed E-state index contributed by atoms with van der Waals surface area (Å²) in [6.07, 6.45) is 2.74. The van der Waals surface area contributed by atoms with E-state index < -0.39 is 28.7 Å². The molecule has 3 rings (SSSR count). The zero-order chi connectivity index (χ0) is 20.6. The van der Waals surface area contributed by atoms with E-state index in [1.807, 2.05) is 0 Å². The normalized spacial score (nSPS) is 10.9. The second-order valence-corrected chi connectivity index (χ2v) is 6.58. The number of carbonyl (C=O) groups excluding carboxylic acids is 1. The molecular formula is C18H13Cl2F2N3O3. The highest BCUT2D eigenvalue weighted by Gasteiger charge is 2.24. The van der Waals surface area contributed by atoms with E-state index in [9.17, 15) is 18.4 Å². The molecule has 2 heterocycles. The lowest BCUT2D eigenvalue weighted by Crippen LogP contribution is -2.24. The minimum Gasteiger partial charge on any atom is -0.427 e. The molecule has 0 amide bonds. The number of benzene rings is 1. The van der Waals surface area contributed by atoms with Crippen molar-refractivity contribution < 1.29 is 18.3 Å². The van der Waals surface area contributed by atoms with E-state index in [1.54, 1.807) is 6.92 Å². The first kappa shape index (κ1) is 20.0. The number of halogens is 4. The van der Waals surface area contributed by atoms with Crippen molar-refractivity contribution in [3.05, 3.63) is 62.6 Å². The molecule has 0 unspecified atom stereocenters. The highest BCUT2D eigenvalue weighted by Crippen LogP contribution is 2.34. The molecule has 0 atom stereocenters. The number of aromatic nitrogens is 3. The predicted molar refractivity (Wildman–Crippen MR) is 100 cm³/mol. The van der Waals surface area contributed by atoms with Crippen LogP contribution in [0.2, 0.25) is 10.0 Å².